The first-order chi connectivity index (χ1) is 23.8. The van der Waals surface area contributed by atoms with Gasteiger partial charge in [-0.2, -0.15) is 5.10 Å². The maximum atomic E-state index is 13.9. The van der Waals surface area contributed by atoms with Crippen molar-refractivity contribution < 1.29 is 36.4 Å². The number of phosphoric ester groups is 1. The largest absolute Gasteiger partial charge is 0.493 e. The number of ether oxygens (including phenoxy) is 1. The van der Waals surface area contributed by atoms with E-state index in [0.29, 0.717) is 48.2 Å². The summed E-state index contributed by atoms with van der Waals surface area (Å²) in [6.07, 6.45) is 2.59. The number of nitrogens with zero attached hydrogens (tertiary/aromatic N) is 3. The Morgan fingerprint density at radius 2 is 1.67 bits per heavy atom. The van der Waals surface area contributed by atoms with Crippen molar-refractivity contribution in [3.63, 3.8) is 0 Å². The molecule has 0 aliphatic heterocycles. The fourth-order valence-electron chi connectivity index (χ4n) is 4.76. The van der Waals surface area contributed by atoms with Crippen LogP contribution >= 0.6 is 7.82 Å². The molecule has 4 N–H and O–H groups in total. The summed E-state index contributed by atoms with van der Waals surface area (Å²) in [6.45, 7) is 16.3. The van der Waals surface area contributed by atoms with Gasteiger partial charge in [0.25, 0.3) is 0 Å². The second kappa shape index (κ2) is 16.6. The highest BCUT2D eigenvalue weighted by atomic mass is 31.2. The lowest BCUT2D eigenvalue weighted by atomic mass is 10.0. The molecular formula is C35H48F2N7O6P. The quantitative estimate of drug-likeness (QED) is 0.0619. The minimum atomic E-state index is -3.77. The van der Waals surface area contributed by atoms with Crippen molar-refractivity contribution in [1.29, 1.82) is 0 Å². The van der Waals surface area contributed by atoms with Crippen molar-refractivity contribution in [2.24, 2.45) is 0 Å². The lowest BCUT2D eigenvalue weighted by Gasteiger charge is -2.32. The summed E-state index contributed by atoms with van der Waals surface area (Å²) >= 11 is 0. The van der Waals surface area contributed by atoms with Crippen molar-refractivity contribution in [3.8, 4) is 5.75 Å². The van der Waals surface area contributed by atoms with E-state index >= 15 is 0 Å². The molecule has 13 nitrogen and oxygen atoms in total. The fraction of sp³-hybridized carbons (Fsp3) is 0.486. The van der Waals surface area contributed by atoms with Gasteiger partial charge in [0.2, 0.25) is 5.91 Å². The van der Waals surface area contributed by atoms with E-state index in [-0.39, 0.29) is 24.3 Å². The Morgan fingerprint density at radius 3 is 2.37 bits per heavy atom. The highest BCUT2D eigenvalue weighted by molar-refractivity contribution is 7.48. The highest BCUT2D eigenvalue weighted by Gasteiger charge is 2.37. The van der Waals surface area contributed by atoms with Crippen LogP contribution in [0.1, 0.15) is 73.9 Å². The number of fused-ring (bicyclic) bond motifs is 1. The van der Waals surface area contributed by atoms with E-state index < -0.39 is 36.6 Å². The average molecular weight is 732 g/mol. The fourth-order valence-corrected chi connectivity index (χ4v) is 6.56. The van der Waals surface area contributed by atoms with Gasteiger partial charge in [0.05, 0.1) is 42.0 Å². The molecule has 4 rings (SSSR count). The van der Waals surface area contributed by atoms with E-state index in [2.05, 4.69) is 36.1 Å². The summed E-state index contributed by atoms with van der Waals surface area (Å²) < 4.78 is 63.7. The third-order valence-electron chi connectivity index (χ3n) is 7.00. The monoisotopic (exact) mass is 731 g/mol. The Morgan fingerprint density at radius 1 is 0.941 bits per heavy atom. The Bertz CT molecular complexity index is 1820. The first-order valence-corrected chi connectivity index (χ1v) is 18.1. The molecule has 0 saturated carbocycles. The van der Waals surface area contributed by atoms with Crippen LogP contribution in [0.15, 0.2) is 48.8 Å². The number of aromatic nitrogens is 4. The van der Waals surface area contributed by atoms with Crippen LogP contribution in [0.4, 0.5) is 26.1 Å². The highest BCUT2D eigenvalue weighted by Crippen LogP contribution is 2.55. The van der Waals surface area contributed by atoms with E-state index in [1.54, 1.807) is 47.6 Å². The Kier molecular flexibility index (Phi) is 12.9. The predicted octanol–water partition coefficient (Wildman–Crippen LogP) is 7.84. The number of amides is 1. The van der Waals surface area contributed by atoms with Gasteiger partial charge in [0.1, 0.15) is 17.9 Å². The first kappa shape index (κ1) is 39.8. The third-order valence-corrected chi connectivity index (χ3v) is 9.04. The molecule has 0 spiro atoms. The molecule has 2 aromatic heterocycles. The predicted molar refractivity (Wildman–Crippen MR) is 192 cm³/mol. The van der Waals surface area contributed by atoms with Crippen molar-refractivity contribution in [1.82, 2.24) is 25.5 Å². The van der Waals surface area contributed by atoms with Crippen LogP contribution in [0.2, 0.25) is 0 Å². The van der Waals surface area contributed by atoms with Gasteiger partial charge in [-0.15, -0.1) is 0 Å². The minimum Gasteiger partial charge on any atom is -0.493 e. The number of hydrogen-bond donors (Lipinski definition) is 4. The van der Waals surface area contributed by atoms with Gasteiger partial charge < -0.3 is 20.7 Å². The van der Waals surface area contributed by atoms with Gasteiger partial charge in [-0.05, 0) is 99.0 Å². The number of hydrogen-bond acceptors (Lipinski definition) is 11. The maximum absolute atomic E-state index is 13.9. The van der Waals surface area contributed by atoms with Crippen molar-refractivity contribution >= 4 is 42.0 Å². The summed E-state index contributed by atoms with van der Waals surface area (Å²) in [5, 5.41) is 16.6. The molecule has 1 amide bonds. The van der Waals surface area contributed by atoms with Crippen LogP contribution < -0.4 is 20.7 Å². The lowest BCUT2D eigenvalue weighted by molar-refractivity contribution is -0.115. The Balaban J connectivity index is 1.23. The van der Waals surface area contributed by atoms with Gasteiger partial charge in [-0.3, -0.25) is 23.5 Å². The van der Waals surface area contributed by atoms with Crippen LogP contribution in [-0.4, -0.2) is 62.6 Å². The molecular weight excluding hydrogens is 683 g/mol. The second-order valence-corrected chi connectivity index (χ2v) is 16.1. The summed E-state index contributed by atoms with van der Waals surface area (Å²) in [5.41, 5.74) is -0.831. The molecule has 0 radical (unpaired) electrons. The van der Waals surface area contributed by atoms with E-state index in [1.807, 2.05) is 32.0 Å². The molecule has 2 aromatic carbocycles. The van der Waals surface area contributed by atoms with Gasteiger partial charge in [0.15, 0.2) is 17.5 Å². The summed E-state index contributed by atoms with van der Waals surface area (Å²) in [6, 6.07) is 10.7. The molecule has 0 bridgehead atoms. The number of H-pyrrole nitrogens is 1. The number of carbonyl (C=O) groups is 1. The van der Waals surface area contributed by atoms with Gasteiger partial charge >= 0.3 is 7.82 Å². The first-order valence-electron chi connectivity index (χ1n) is 16.6. The van der Waals surface area contributed by atoms with Crippen LogP contribution in [0, 0.1) is 11.6 Å². The Labute approximate surface area is 297 Å². The van der Waals surface area contributed by atoms with Gasteiger partial charge in [-0.25, -0.2) is 23.3 Å². The number of aromatic amines is 1. The number of carbonyl (C=O) groups excluding carboxylic acids is 1. The van der Waals surface area contributed by atoms with Gasteiger partial charge in [-0.1, -0.05) is 6.07 Å². The SMILES string of the molecule is CC(C)(CCOP(=O)(OC(C)(C)C)OC(C)(C)C)NCCCOc1ccc2c(Nc3cc(CC(=O)Nc4cccc(F)c4F)[nH]n3)ncnc2c1. The number of rotatable bonds is 17. The number of anilines is 3. The zero-order valence-corrected chi connectivity index (χ0v) is 31.3. The van der Waals surface area contributed by atoms with E-state index in [1.165, 1.54) is 18.5 Å². The summed E-state index contributed by atoms with van der Waals surface area (Å²) in [7, 11) is -3.77. The van der Waals surface area contributed by atoms with Crippen LogP contribution in [0.5, 0.6) is 5.75 Å². The summed E-state index contributed by atoms with van der Waals surface area (Å²) in [4.78, 5) is 21.1. The third kappa shape index (κ3) is 12.9. The average Bonchev–Trinajstić information content (AvgIpc) is 3.43. The smallest absolute Gasteiger partial charge is 0.475 e. The standard InChI is InChI=1S/C35H48F2N7O6P/c1-33(2,3)49-51(46,50-34(4,5)6)48-18-15-35(7,8)40-16-10-17-47-24-13-14-25-28(21-24)38-22-39-32(25)42-29-19-23(43-44-29)20-30(45)41-27-12-9-11-26(36)31(27)37/h9,11-14,19,21-22,40H,10,15-18,20H2,1-8H3,(H,41,45)(H2,38,39,42,43,44). The molecule has 16 heteroatoms. The molecule has 2 heterocycles. The number of benzene rings is 2. The normalized spacial score (nSPS) is 12.7. The van der Waals surface area contributed by atoms with Gasteiger partial charge in [0, 0.05) is 28.8 Å². The molecule has 0 unspecified atom stereocenters. The molecule has 0 aliphatic carbocycles. The minimum absolute atomic E-state index is 0.138. The molecule has 0 atom stereocenters. The van der Waals surface area contributed by atoms with Crippen molar-refractivity contribution in [2.75, 3.05) is 30.4 Å². The van der Waals surface area contributed by atoms with Crippen molar-refractivity contribution in [2.45, 2.75) is 91.4 Å². The van der Waals surface area contributed by atoms with E-state index in [4.69, 9.17) is 18.3 Å². The lowest BCUT2D eigenvalue weighted by Crippen LogP contribution is -2.41. The Hall–Kier alpha value is -4.01. The summed E-state index contributed by atoms with van der Waals surface area (Å²) in [5.74, 6) is -1.16. The van der Waals surface area contributed by atoms with E-state index in [0.717, 1.165) is 17.9 Å². The number of halogens is 2. The topological polar surface area (TPSA) is 162 Å². The molecule has 278 valence electrons. The molecule has 0 aliphatic rings. The molecule has 4 aromatic rings. The number of nitrogens with one attached hydrogen (secondary N) is 4. The van der Waals surface area contributed by atoms with Crippen molar-refractivity contribution in [3.05, 3.63) is 66.1 Å². The van der Waals surface area contributed by atoms with Crippen LogP contribution in [-0.2, 0) is 29.4 Å². The van der Waals surface area contributed by atoms with E-state index in [9.17, 15) is 18.1 Å². The van der Waals surface area contributed by atoms with Crippen LogP contribution in [0.3, 0.4) is 0 Å². The molecule has 0 fully saturated rings. The second-order valence-electron chi connectivity index (χ2n) is 14.6. The molecule has 0 saturated heterocycles. The zero-order valence-electron chi connectivity index (χ0n) is 30.4. The number of phosphoric acid groups is 1. The zero-order chi connectivity index (χ0) is 37.5. The molecule has 51 heavy (non-hydrogen) atoms. The maximum Gasteiger partial charge on any atom is 0.475 e. The van der Waals surface area contributed by atoms with Crippen LogP contribution in [0.25, 0.3) is 10.9 Å².